The number of hydrogen-bond donors (Lipinski definition) is 0. The molecule has 0 fully saturated rings. The Hall–Kier alpha value is -1.63. The summed E-state index contributed by atoms with van der Waals surface area (Å²) < 4.78 is 0. The van der Waals surface area contributed by atoms with E-state index < -0.39 is 0 Å². The first kappa shape index (κ1) is 7.04. The smallest absolute Gasteiger partial charge is 0.0781 e. The molecule has 1 nitrogen and oxygen atoms in total. The van der Waals surface area contributed by atoms with Crippen molar-refractivity contribution in [3.05, 3.63) is 54.7 Å². The Bertz CT molecular complexity index is 302. The van der Waals surface area contributed by atoms with E-state index in [-0.39, 0.29) is 0 Å². The average Bonchev–Trinajstić information content (AvgIpc) is 2.21. The van der Waals surface area contributed by atoms with Crippen molar-refractivity contribution < 1.29 is 0 Å². The molecule has 2 rings (SSSR count). The fourth-order valence-corrected chi connectivity index (χ4v) is 1.08. The summed E-state index contributed by atoms with van der Waals surface area (Å²) in [6, 6.07) is 16.9. The molecule has 12 heavy (non-hydrogen) atoms. The van der Waals surface area contributed by atoms with Crippen LogP contribution in [0.3, 0.4) is 0 Å². The molecule has 0 saturated heterocycles. The van der Waals surface area contributed by atoms with E-state index in [1.54, 1.807) is 6.20 Å². The lowest BCUT2D eigenvalue weighted by molar-refractivity contribution is 1.32. The summed E-state index contributed by atoms with van der Waals surface area (Å²) in [5, 5.41) is 0. The SMILES string of the molecule is [c]1cccnc1-c1ccccc1. The van der Waals surface area contributed by atoms with Gasteiger partial charge in [-0.2, -0.15) is 0 Å². The minimum atomic E-state index is 0.901. The molecule has 1 aromatic carbocycles. The van der Waals surface area contributed by atoms with Crippen LogP contribution in [-0.2, 0) is 0 Å². The molecule has 0 unspecified atom stereocenters. The Morgan fingerprint density at radius 1 is 1.00 bits per heavy atom. The zero-order valence-corrected chi connectivity index (χ0v) is 6.57. The highest BCUT2D eigenvalue weighted by atomic mass is 14.7. The molecule has 0 aliphatic rings. The zero-order chi connectivity index (χ0) is 8.23. The number of aromatic nitrogens is 1. The van der Waals surface area contributed by atoms with Crippen LogP contribution in [0.5, 0.6) is 0 Å². The van der Waals surface area contributed by atoms with Gasteiger partial charge in [0, 0.05) is 17.8 Å². The summed E-state index contributed by atoms with van der Waals surface area (Å²) in [5.41, 5.74) is 2.01. The van der Waals surface area contributed by atoms with Gasteiger partial charge < -0.3 is 0 Å². The summed E-state index contributed by atoms with van der Waals surface area (Å²) in [4.78, 5) is 4.19. The van der Waals surface area contributed by atoms with Crippen molar-refractivity contribution in [1.29, 1.82) is 0 Å². The van der Waals surface area contributed by atoms with Gasteiger partial charge in [0.1, 0.15) is 0 Å². The lowest BCUT2D eigenvalue weighted by Crippen LogP contribution is -1.80. The standard InChI is InChI=1S/C11H8N/c1-2-6-10(7-3-1)11-8-4-5-9-12-11/h1-7,9H. The molecule has 0 atom stereocenters. The van der Waals surface area contributed by atoms with Crippen molar-refractivity contribution in [2.24, 2.45) is 0 Å². The quantitative estimate of drug-likeness (QED) is 0.615. The number of benzene rings is 1. The molecule has 0 N–H and O–H groups in total. The molecule has 1 radical (unpaired) electrons. The number of hydrogen-bond acceptors (Lipinski definition) is 1. The Labute approximate surface area is 71.7 Å². The minimum Gasteiger partial charge on any atom is -0.256 e. The predicted molar refractivity (Wildman–Crippen MR) is 48.5 cm³/mol. The Kier molecular flexibility index (Phi) is 1.87. The first-order valence-corrected chi connectivity index (χ1v) is 3.85. The van der Waals surface area contributed by atoms with Gasteiger partial charge in [0.15, 0.2) is 0 Å². The summed E-state index contributed by atoms with van der Waals surface area (Å²) >= 11 is 0. The van der Waals surface area contributed by atoms with Crippen LogP contribution in [0.25, 0.3) is 11.3 Å². The lowest BCUT2D eigenvalue weighted by atomic mass is 10.1. The molecule has 1 heterocycles. The van der Waals surface area contributed by atoms with Crippen LogP contribution in [-0.4, -0.2) is 4.98 Å². The summed E-state index contributed by atoms with van der Waals surface area (Å²) in [6.45, 7) is 0. The molecule has 0 amide bonds. The van der Waals surface area contributed by atoms with Gasteiger partial charge in [-0.3, -0.25) is 4.98 Å². The largest absolute Gasteiger partial charge is 0.256 e. The number of nitrogens with zero attached hydrogens (tertiary/aromatic N) is 1. The van der Waals surface area contributed by atoms with Crippen molar-refractivity contribution in [1.82, 2.24) is 4.98 Å². The number of rotatable bonds is 1. The molecule has 2 aromatic rings. The lowest BCUT2D eigenvalue weighted by Gasteiger charge is -1.96. The van der Waals surface area contributed by atoms with Crippen LogP contribution in [0, 0.1) is 6.07 Å². The van der Waals surface area contributed by atoms with Gasteiger partial charge in [-0.05, 0) is 6.07 Å². The summed E-state index contributed by atoms with van der Waals surface area (Å²) in [5.74, 6) is 0. The maximum absolute atomic E-state index is 4.19. The van der Waals surface area contributed by atoms with Crippen molar-refractivity contribution in [3.63, 3.8) is 0 Å². The second-order valence-electron chi connectivity index (χ2n) is 2.50. The third-order valence-electron chi connectivity index (χ3n) is 1.65. The zero-order valence-electron chi connectivity index (χ0n) is 6.57. The number of pyridine rings is 1. The highest BCUT2D eigenvalue weighted by Gasteiger charge is 1.94. The Morgan fingerprint density at radius 3 is 2.50 bits per heavy atom. The van der Waals surface area contributed by atoms with Gasteiger partial charge in [0.25, 0.3) is 0 Å². The molecular weight excluding hydrogens is 146 g/mol. The highest BCUT2D eigenvalue weighted by Crippen LogP contribution is 2.13. The molecule has 0 aliphatic heterocycles. The van der Waals surface area contributed by atoms with Crippen molar-refractivity contribution in [2.45, 2.75) is 0 Å². The second kappa shape index (κ2) is 3.18. The molecule has 0 aliphatic carbocycles. The van der Waals surface area contributed by atoms with Gasteiger partial charge in [0.05, 0.1) is 5.69 Å². The first-order chi connectivity index (χ1) is 5.97. The molecule has 0 spiro atoms. The van der Waals surface area contributed by atoms with Gasteiger partial charge in [-0.25, -0.2) is 0 Å². The second-order valence-corrected chi connectivity index (χ2v) is 2.50. The van der Waals surface area contributed by atoms with E-state index >= 15 is 0 Å². The third-order valence-corrected chi connectivity index (χ3v) is 1.65. The van der Waals surface area contributed by atoms with Crippen LogP contribution in [0.2, 0.25) is 0 Å². The van der Waals surface area contributed by atoms with Crippen molar-refractivity contribution in [2.75, 3.05) is 0 Å². The van der Waals surface area contributed by atoms with Crippen LogP contribution in [0.4, 0.5) is 0 Å². The molecule has 1 heteroatoms. The van der Waals surface area contributed by atoms with Crippen LogP contribution in [0.15, 0.2) is 48.7 Å². The van der Waals surface area contributed by atoms with Crippen molar-refractivity contribution in [3.8, 4) is 11.3 Å². The third kappa shape index (κ3) is 1.35. The van der Waals surface area contributed by atoms with Gasteiger partial charge in [-0.15, -0.1) is 0 Å². The van der Waals surface area contributed by atoms with E-state index in [2.05, 4.69) is 11.1 Å². The predicted octanol–water partition coefficient (Wildman–Crippen LogP) is 2.55. The topological polar surface area (TPSA) is 12.9 Å². The van der Waals surface area contributed by atoms with Crippen LogP contribution in [0.1, 0.15) is 0 Å². The Balaban J connectivity index is 2.46. The highest BCUT2D eigenvalue weighted by molar-refractivity contribution is 5.57. The normalized spacial score (nSPS) is 9.67. The van der Waals surface area contributed by atoms with E-state index in [1.165, 1.54) is 0 Å². The summed E-state index contributed by atoms with van der Waals surface area (Å²) in [7, 11) is 0. The fourth-order valence-electron chi connectivity index (χ4n) is 1.08. The Morgan fingerprint density at radius 2 is 1.83 bits per heavy atom. The van der Waals surface area contributed by atoms with Crippen LogP contribution < -0.4 is 0 Å². The monoisotopic (exact) mass is 154 g/mol. The average molecular weight is 154 g/mol. The van der Waals surface area contributed by atoms with Gasteiger partial charge >= 0.3 is 0 Å². The molecule has 57 valence electrons. The minimum absolute atomic E-state index is 0.901. The fraction of sp³-hybridized carbons (Fsp3) is 0. The molecular formula is C11H8N. The van der Waals surface area contributed by atoms with E-state index in [4.69, 9.17) is 0 Å². The van der Waals surface area contributed by atoms with Gasteiger partial charge in [0.2, 0.25) is 0 Å². The van der Waals surface area contributed by atoms with Crippen molar-refractivity contribution >= 4 is 0 Å². The van der Waals surface area contributed by atoms with E-state index in [0.29, 0.717) is 0 Å². The maximum atomic E-state index is 4.19. The molecule has 1 aromatic heterocycles. The van der Waals surface area contributed by atoms with E-state index in [0.717, 1.165) is 11.3 Å². The molecule has 0 saturated carbocycles. The van der Waals surface area contributed by atoms with Gasteiger partial charge in [-0.1, -0.05) is 36.4 Å². The van der Waals surface area contributed by atoms with E-state index in [1.807, 2.05) is 42.5 Å². The molecule has 0 bridgehead atoms. The maximum Gasteiger partial charge on any atom is 0.0781 e. The first-order valence-electron chi connectivity index (χ1n) is 3.85. The van der Waals surface area contributed by atoms with E-state index in [9.17, 15) is 0 Å². The summed E-state index contributed by atoms with van der Waals surface area (Å²) in [6.07, 6.45) is 1.78. The van der Waals surface area contributed by atoms with Crippen LogP contribution >= 0.6 is 0 Å².